The van der Waals surface area contributed by atoms with Gasteiger partial charge in [0.1, 0.15) is 0 Å². The minimum Gasteiger partial charge on any atom is -0.352 e. The van der Waals surface area contributed by atoms with Crippen LogP contribution < -0.4 is 0 Å². The molecule has 0 unspecified atom stereocenters. The van der Waals surface area contributed by atoms with E-state index in [2.05, 4.69) is 35.0 Å². The maximum Gasteiger partial charge on any atom is 0.201 e. The van der Waals surface area contributed by atoms with Crippen molar-refractivity contribution in [2.75, 3.05) is 34.3 Å². The number of quaternary nitrogens is 1. The summed E-state index contributed by atoms with van der Waals surface area (Å²) >= 11 is 0. The van der Waals surface area contributed by atoms with Crippen molar-refractivity contribution in [1.82, 2.24) is 0 Å². The van der Waals surface area contributed by atoms with Gasteiger partial charge in [-0.3, -0.25) is 0 Å². The number of rotatable bonds is 6. The van der Waals surface area contributed by atoms with Gasteiger partial charge in [0.2, 0.25) is 5.79 Å². The molecule has 1 saturated carbocycles. The van der Waals surface area contributed by atoms with E-state index >= 15 is 0 Å². The molecule has 0 aromatic heterocycles. The van der Waals surface area contributed by atoms with Crippen LogP contribution in [-0.4, -0.2) is 62.7 Å². The third kappa shape index (κ3) is 3.65. The molecular weight excluding hydrogens is 358 g/mol. The highest BCUT2D eigenvalue weighted by Crippen LogP contribution is 2.60. The Morgan fingerprint density at radius 2 is 1.79 bits per heavy atom. The number of nitrogens with zero attached hydrogens (tertiary/aromatic N) is 1. The zero-order valence-corrected chi connectivity index (χ0v) is 18.6. The van der Waals surface area contributed by atoms with Crippen LogP contribution in [0.5, 0.6) is 0 Å². The summed E-state index contributed by atoms with van der Waals surface area (Å²) in [5.41, 5.74) is -0.489. The van der Waals surface area contributed by atoms with Crippen LogP contribution in [-0.2, 0) is 24.0 Å². The van der Waals surface area contributed by atoms with Crippen molar-refractivity contribution in [1.29, 1.82) is 0 Å². The number of ether oxygens (including phenoxy) is 3. The molecule has 6 heteroatoms. The molecule has 0 aromatic carbocycles. The second-order valence-corrected chi connectivity index (χ2v) is 10.9. The lowest BCUT2D eigenvalue weighted by Crippen LogP contribution is -2.70. The fourth-order valence-corrected chi connectivity index (χ4v) is 5.95. The minimum absolute atomic E-state index is 0.231. The van der Waals surface area contributed by atoms with Gasteiger partial charge in [-0.2, -0.15) is 0 Å². The normalized spacial score (nSPS) is 48.2. The molecule has 0 amide bonds. The lowest BCUT2D eigenvalue weighted by Gasteiger charge is -2.60. The first-order chi connectivity index (χ1) is 13.1. The molecule has 1 spiro atoms. The Hall–Kier alpha value is -0.240. The maximum absolute atomic E-state index is 6.45. The Balaban J connectivity index is 1.46. The molecule has 5 rings (SSSR count). The highest BCUT2D eigenvalue weighted by Gasteiger charge is 2.69. The molecule has 162 valence electrons. The third-order valence-electron chi connectivity index (χ3n) is 7.60. The molecule has 0 N–H and O–H groups in total. The topological polar surface area (TPSA) is 46.2 Å². The number of unbranched alkanes of at least 4 members (excludes halogenated alkanes) is 1. The standard InChI is InChI=1S/C22H40NO5/c1-15-9-10-18-16(2)19(24-14-8-7-13-23(4,5)6)25-20-22(18)17(15)11-12-21(3,26-20)27-28-22/h15-20H,7-14H2,1-6H3/q+1/t15-,16-,17+,18+,19-,20-,21+,22+/m1/s1. The Morgan fingerprint density at radius 1 is 1.00 bits per heavy atom. The monoisotopic (exact) mass is 398 g/mol. The van der Waals surface area contributed by atoms with Crippen LogP contribution >= 0.6 is 0 Å². The molecule has 1 aliphatic carbocycles. The Kier molecular flexibility index (Phi) is 5.60. The van der Waals surface area contributed by atoms with Gasteiger partial charge in [0.05, 0.1) is 27.7 Å². The van der Waals surface area contributed by atoms with E-state index in [-0.39, 0.29) is 12.2 Å². The fourth-order valence-electron chi connectivity index (χ4n) is 5.95. The molecule has 0 aromatic rings. The average Bonchev–Trinajstić information content (AvgIpc) is 2.84. The molecule has 5 fully saturated rings. The SMILES string of the molecule is C[C@H]1[C@H](OCCCC[N+](C)(C)C)O[C@@H]2O[C@]3(C)CC[C@H]4[C@H](C)CC[C@@H]1[C@]24OO3. The Labute approximate surface area is 170 Å². The predicted octanol–water partition coefficient (Wildman–Crippen LogP) is 3.70. The van der Waals surface area contributed by atoms with E-state index in [4.69, 9.17) is 24.0 Å². The van der Waals surface area contributed by atoms with E-state index in [9.17, 15) is 0 Å². The molecule has 6 nitrogen and oxygen atoms in total. The van der Waals surface area contributed by atoms with E-state index < -0.39 is 17.7 Å². The van der Waals surface area contributed by atoms with Crippen LogP contribution in [0, 0.1) is 23.7 Å². The van der Waals surface area contributed by atoms with Crippen LogP contribution in [0.15, 0.2) is 0 Å². The van der Waals surface area contributed by atoms with E-state index in [1.807, 2.05) is 6.92 Å². The molecule has 4 heterocycles. The first kappa shape index (κ1) is 21.0. The summed E-state index contributed by atoms with van der Waals surface area (Å²) in [6.45, 7) is 8.46. The fraction of sp³-hybridized carbons (Fsp3) is 1.00. The smallest absolute Gasteiger partial charge is 0.201 e. The van der Waals surface area contributed by atoms with Crippen molar-refractivity contribution in [3.8, 4) is 0 Å². The zero-order chi connectivity index (χ0) is 20.2. The van der Waals surface area contributed by atoms with Crippen LogP contribution in [0.1, 0.15) is 59.3 Å². The number of hydrogen-bond donors (Lipinski definition) is 0. The molecule has 28 heavy (non-hydrogen) atoms. The van der Waals surface area contributed by atoms with Crippen LogP contribution in [0.3, 0.4) is 0 Å². The molecule has 5 aliphatic rings. The van der Waals surface area contributed by atoms with Gasteiger partial charge in [0.25, 0.3) is 0 Å². The van der Waals surface area contributed by atoms with Crippen molar-refractivity contribution < 1.29 is 28.5 Å². The summed E-state index contributed by atoms with van der Waals surface area (Å²) < 4.78 is 20.1. The van der Waals surface area contributed by atoms with Crippen molar-refractivity contribution in [2.45, 2.75) is 83.3 Å². The molecule has 4 saturated heterocycles. The second kappa shape index (κ2) is 7.47. The van der Waals surface area contributed by atoms with Gasteiger partial charge in [-0.25, -0.2) is 9.78 Å². The van der Waals surface area contributed by atoms with Crippen molar-refractivity contribution in [3.05, 3.63) is 0 Å². The van der Waals surface area contributed by atoms with Gasteiger partial charge in [0.15, 0.2) is 18.2 Å². The summed E-state index contributed by atoms with van der Waals surface area (Å²) in [5.74, 6) is 0.891. The zero-order valence-electron chi connectivity index (χ0n) is 18.6. The first-order valence-electron chi connectivity index (χ1n) is 11.3. The van der Waals surface area contributed by atoms with Gasteiger partial charge >= 0.3 is 0 Å². The number of fused-ring (bicyclic) bond motifs is 2. The second-order valence-electron chi connectivity index (χ2n) is 10.9. The summed E-state index contributed by atoms with van der Waals surface area (Å²) in [6.07, 6.45) is 5.84. The van der Waals surface area contributed by atoms with Crippen LogP contribution in [0.4, 0.5) is 0 Å². The van der Waals surface area contributed by atoms with E-state index in [1.165, 1.54) is 6.42 Å². The number of hydrogen-bond acceptors (Lipinski definition) is 5. The first-order valence-corrected chi connectivity index (χ1v) is 11.3. The lowest BCUT2D eigenvalue weighted by molar-refractivity contribution is -0.870. The molecule has 8 atom stereocenters. The summed E-state index contributed by atoms with van der Waals surface area (Å²) in [5, 5.41) is 0. The summed E-state index contributed by atoms with van der Waals surface area (Å²) in [4.78, 5) is 12.0. The Bertz CT molecular complexity index is 566. The highest BCUT2D eigenvalue weighted by molar-refractivity contribution is 5.09. The van der Waals surface area contributed by atoms with E-state index in [0.717, 1.165) is 49.7 Å². The largest absolute Gasteiger partial charge is 0.352 e. The van der Waals surface area contributed by atoms with Gasteiger partial charge in [-0.05, 0) is 50.9 Å². The van der Waals surface area contributed by atoms with Crippen molar-refractivity contribution >= 4 is 0 Å². The minimum atomic E-state index is -0.715. The van der Waals surface area contributed by atoms with Gasteiger partial charge in [0, 0.05) is 24.9 Å². The van der Waals surface area contributed by atoms with Crippen molar-refractivity contribution in [2.24, 2.45) is 23.7 Å². The van der Waals surface area contributed by atoms with Gasteiger partial charge in [-0.15, -0.1) is 0 Å². The van der Waals surface area contributed by atoms with E-state index in [1.54, 1.807) is 0 Å². The Morgan fingerprint density at radius 3 is 2.54 bits per heavy atom. The lowest BCUT2D eigenvalue weighted by atomic mass is 9.58. The molecule has 2 bridgehead atoms. The van der Waals surface area contributed by atoms with Crippen LogP contribution in [0.25, 0.3) is 0 Å². The van der Waals surface area contributed by atoms with E-state index in [0.29, 0.717) is 17.8 Å². The van der Waals surface area contributed by atoms with Gasteiger partial charge in [-0.1, -0.05) is 13.8 Å². The third-order valence-corrected chi connectivity index (χ3v) is 7.60. The average molecular weight is 399 g/mol. The predicted molar refractivity (Wildman–Crippen MR) is 105 cm³/mol. The van der Waals surface area contributed by atoms with Gasteiger partial charge < -0.3 is 18.7 Å². The summed E-state index contributed by atoms with van der Waals surface area (Å²) in [7, 11) is 6.69. The summed E-state index contributed by atoms with van der Waals surface area (Å²) in [6, 6.07) is 0. The maximum atomic E-state index is 6.45. The molecule has 0 radical (unpaired) electrons. The molecule has 4 aliphatic heterocycles. The molecular formula is C22H40NO5+. The quantitative estimate of drug-likeness (QED) is 0.388. The highest BCUT2D eigenvalue weighted by atomic mass is 17.3. The van der Waals surface area contributed by atoms with Crippen molar-refractivity contribution in [3.63, 3.8) is 0 Å². The van der Waals surface area contributed by atoms with Crippen LogP contribution in [0.2, 0.25) is 0 Å².